The molecule has 118 valence electrons. The van der Waals surface area contributed by atoms with Gasteiger partial charge in [0.1, 0.15) is 17.5 Å². The van der Waals surface area contributed by atoms with E-state index >= 15 is 0 Å². The molecule has 1 aliphatic rings. The van der Waals surface area contributed by atoms with Crippen LogP contribution in [0.3, 0.4) is 0 Å². The summed E-state index contributed by atoms with van der Waals surface area (Å²) in [6.07, 6.45) is 3.66. The summed E-state index contributed by atoms with van der Waals surface area (Å²) in [5.74, 6) is 4.29. The van der Waals surface area contributed by atoms with Crippen molar-refractivity contribution in [1.29, 1.82) is 0 Å². The highest BCUT2D eigenvalue weighted by Crippen LogP contribution is 2.30. The zero-order chi connectivity index (χ0) is 15.4. The van der Waals surface area contributed by atoms with E-state index in [4.69, 9.17) is 9.97 Å². The van der Waals surface area contributed by atoms with Gasteiger partial charge in [-0.3, -0.25) is 0 Å². The number of aromatic nitrogens is 2. The van der Waals surface area contributed by atoms with Crippen molar-refractivity contribution >= 4 is 11.6 Å². The molecule has 1 atom stereocenters. The van der Waals surface area contributed by atoms with Crippen LogP contribution in [0.1, 0.15) is 64.3 Å². The van der Waals surface area contributed by atoms with Gasteiger partial charge >= 0.3 is 0 Å². The normalized spacial score (nSPS) is 18.6. The summed E-state index contributed by atoms with van der Waals surface area (Å²) < 4.78 is 0. The first kappa shape index (κ1) is 16.1. The number of hydrogen-bond acceptors (Lipinski definition) is 4. The molecular weight excluding hydrogens is 260 g/mol. The van der Waals surface area contributed by atoms with Gasteiger partial charge < -0.3 is 10.2 Å². The minimum atomic E-state index is 0.358. The molecule has 1 aromatic rings. The predicted molar refractivity (Wildman–Crippen MR) is 90.2 cm³/mol. The molecule has 0 amide bonds. The van der Waals surface area contributed by atoms with Gasteiger partial charge in [-0.15, -0.1) is 0 Å². The average molecular weight is 290 g/mol. The Kier molecular flexibility index (Phi) is 5.43. The van der Waals surface area contributed by atoms with Gasteiger partial charge in [-0.2, -0.15) is 0 Å². The van der Waals surface area contributed by atoms with Gasteiger partial charge in [0, 0.05) is 31.1 Å². The summed E-state index contributed by atoms with van der Waals surface area (Å²) in [7, 11) is 0. The lowest BCUT2D eigenvalue weighted by molar-refractivity contribution is 0.568. The molecular formula is C17H30N4. The lowest BCUT2D eigenvalue weighted by atomic mass is 10.1. The summed E-state index contributed by atoms with van der Waals surface area (Å²) >= 11 is 0. The third kappa shape index (κ3) is 3.66. The SMILES string of the molecule is CCCNc1nc(C(C)C)nc(N2CCC(CC)C2)c1C. The largest absolute Gasteiger partial charge is 0.370 e. The van der Waals surface area contributed by atoms with Crippen LogP contribution in [0.2, 0.25) is 0 Å². The second-order valence-electron chi connectivity index (χ2n) is 6.47. The molecule has 1 aromatic heterocycles. The van der Waals surface area contributed by atoms with Gasteiger partial charge in [-0.25, -0.2) is 9.97 Å². The Morgan fingerprint density at radius 3 is 2.62 bits per heavy atom. The van der Waals surface area contributed by atoms with Crippen molar-refractivity contribution in [1.82, 2.24) is 9.97 Å². The van der Waals surface area contributed by atoms with E-state index in [0.717, 1.165) is 49.4 Å². The topological polar surface area (TPSA) is 41.1 Å². The van der Waals surface area contributed by atoms with Gasteiger partial charge in [0.25, 0.3) is 0 Å². The maximum atomic E-state index is 4.87. The van der Waals surface area contributed by atoms with E-state index in [2.05, 4.69) is 44.8 Å². The third-order valence-electron chi connectivity index (χ3n) is 4.36. The Hall–Kier alpha value is -1.32. The summed E-state index contributed by atoms with van der Waals surface area (Å²) in [6.45, 7) is 14.2. The molecule has 4 heteroatoms. The van der Waals surface area contributed by atoms with Gasteiger partial charge in [0.15, 0.2) is 0 Å². The van der Waals surface area contributed by atoms with Crippen LogP contribution in [0.15, 0.2) is 0 Å². The van der Waals surface area contributed by atoms with Crippen molar-refractivity contribution in [3.63, 3.8) is 0 Å². The molecule has 0 bridgehead atoms. The highest BCUT2D eigenvalue weighted by Gasteiger charge is 2.25. The lowest BCUT2D eigenvalue weighted by Gasteiger charge is -2.23. The summed E-state index contributed by atoms with van der Waals surface area (Å²) in [5, 5.41) is 3.47. The van der Waals surface area contributed by atoms with E-state index in [1.165, 1.54) is 18.4 Å². The Labute approximate surface area is 129 Å². The van der Waals surface area contributed by atoms with Crippen LogP contribution in [0.5, 0.6) is 0 Å². The summed E-state index contributed by atoms with van der Waals surface area (Å²) in [4.78, 5) is 12.1. The number of hydrogen-bond donors (Lipinski definition) is 1. The zero-order valence-corrected chi connectivity index (χ0v) is 14.2. The van der Waals surface area contributed by atoms with Crippen LogP contribution < -0.4 is 10.2 Å². The van der Waals surface area contributed by atoms with Crippen LogP contribution in [0.4, 0.5) is 11.6 Å². The van der Waals surface area contributed by atoms with Crippen molar-refractivity contribution in [2.45, 2.75) is 59.8 Å². The van der Waals surface area contributed by atoms with Crippen LogP contribution >= 0.6 is 0 Å². The maximum Gasteiger partial charge on any atom is 0.137 e. The van der Waals surface area contributed by atoms with Gasteiger partial charge in [0.05, 0.1) is 0 Å². The monoisotopic (exact) mass is 290 g/mol. The van der Waals surface area contributed by atoms with Gasteiger partial charge in [-0.1, -0.05) is 34.1 Å². The fraction of sp³-hybridized carbons (Fsp3) is 0.765. The van der Waals surface area contributed by atoms with E-state index in [1.807, 2.05) is 0 Å². The first-order valence-corrected chi connectivity index (χ1v) is 8.44. The molecule has 21 heavy (non-hydrogen) atoms. The van der Waals surface area contributed by atoms with Crippen LogP contribution in [0, 0.1) is 12.8 Å². The van der Waals surface area contributed by atoms with Crippen LogP contribution in [-0.2, 0) is 0 Å². The quantitative estimate of drug-likeness (QED) is 0.861. The number of nitrogens with one attached hydrogen (secondary N) is 1. The molecule has 0 aromatic carbocycles. The second-order valence-corrected chi connectivity index (χ2v) is 6.47. The Morgan fingerprint density at radius 2 is 2.05 bits per heavy atom. The molecule has 1 N–H and O–H groups in total. The highest BCUT2D eigenvalue weighted by molar-refractivity contribution is 5.59. The first-order chi connectivity index (χ1) is 10.1. The van der Waals surface area contributed by atoms with Gasteiger partial charge in [0.2, 0.25) is 0 Å². The van der Waals surface area contributed by atoms with Crippen molar-refractivity contribution in [2.75, 3.05) is 29.9 Å². The van der Waals surface area contributed by atoms with Crippen LogP contribution in [-0.4, -0.2) is 29.6 Å². The third-order valence-corrected chi connectivity index (χ3v) is 4.36. The molecule has 4 nitrogen and oxygen atoms in total. The summed E-state index contributed by atoms with van der Waals surface area (Å²) in [5.41, 5.74) is 1.20. The molecule has 1 aliphatic heterocycles. The molecule has 0 radical (unpaired) electrons. The fourth-order valence-corrected chi connectivity index (χ4v) is 2.86. The van der Waals surface area contributed by atoms with E-state index in [1.54, 1.807) is 0 Å². The Bertz CT molecular complexity index is 470. The lowest BCUT2D eigenvalue weighted by Crippen LogP contribution is -2.24. The smallest absolute Gasteiger partial charge is 0.137 e. The number of anilines is 2. The first-order valence-electron chi connectivity index (χ1n) is 8.44. The average Bonchev–Trinajstić information content (AvgIpc) is 2.94. The molecule has 1 fully saturated rings. The van der Waals surface area contributed by atoms with E-state index < -0.39 is 0 Å². The molecule has 1 unspecified atom stereocenters. The molecule has 2 rings (SSSR count). The second kappa shape index (κ2) is 7.10. The Balaban J connectivity index is 2.32. The van der Waals surface area contributed by atoms with Crippen LogP contribution in [0.25, 0.3) is 0 Å². The fourth-order valence-electron chi connectivity index (χ4n) is 2.86. The molecule has 2 heterocycles. The van der Waals surface area contributed by atoms with E-state index in [-0.39, 0.29) is 0 Å². The minimum Gasteiger partial charge on any atom is -0.370 e. The van der Waals surface area contributed by atoms with E-state index in [0.29, 0.717) is 5.92 Å². The number of rotatable bonds is 6. The minimum absolute atomic E-state index is 0.358. The van der Waals surface area contributed by atoms with Crippen molar-refractivity contribution in [2.24, 2.45) is 5.92 Å². The number of nitrogens with zero attached hydrogens (tertiary/aromatic N) is 3. The van der Waals surface area contributed by atoms with Gasteiger partial charge in [-0.05, 0) is 25.7 Å². The zero-order valence-electron chi connectivity index (χ0n) is 14.2. The molecule has 1 saturated heterocycles. The molecule has 0 spiro atoms. The maximum absolute atomic E-state index is 4.87. The summed E-state index contributed by atoms with van der Waals surface area (Å²) in [6, 6.07) is 0. The predicted octanol–water partition coefficient (Wildman–Crippen LogP) is 3.97. The standard InChI is InChI=1S/C17H30N4/c1-6-9-18-16-13(5)17(20-15(19-16)12(3)4)21-10-8-14(7-2)11-21/h12,14H,6-11H2,1-5H3,(H,18,19,20). The van der Waals surface area contributed by atoms with E-state index in [9.17, 15) is 0 Å². The molecule has 0 aliphatic carbocycles. The Morgan fingerprint density at radius 1 is 1.29 bits per heavy atom. The highest BCUT2D eigenvalue weighted by atomic mass is 15.2. The van der Waals surface area contributed by atoms with Crippen molar-refractivity contribution in [3.8, 4) is 0 Å². The molecule has 0 saturated carbocycles. The van der Waals surface area contributed by atoms with Crippen molar-refractivity contribution < 1.29 is 0 Å². The van der Waals surface area contributed by atoms with Crippen molar-refractivity contribution in [3.05, 3.63) is 11.4 Å².